The number of carboxylic acids is 1. The molecular weight excluding hydrogens is 276 g/mol. The second kappa shape index (κ2) is 6.26. The molecule has 1 fully saturated rings. The van der Waals surface area contributed by atoms with E-state index in [-0.39, 0.29) is 17.9 Å². The van der Waals surface area contributed by atoms with Gasteiger partial charge < -0.3 is 15.7 Å². The average molecular weight is 296 g/mol. The molecule has 0 aliphatic heterocycles. The maximum atomic E-state index is 11.8. The molecule has 3 N–H and O–H groups in total. The van der Waals surface area contributed by atoms with Crippen LogP contribution in [0.1, 0.15) is 36.1 Å². The smallest absolute Gasteiger partial charge is 0.315 e. The van der Waals surface area contributed by atoms with Crippen molar-refractivity contribution in [2.45, 2.75) is 39.2 Å². The number of thiophene rings is 1. The van der Waals surface area contributed by atoms with Crippen LogP contribution in [0.3, 0.4) is 0 Å². The summed E-state index contributed by atoms with van der Waals surface area (Å²) in [6, 6.07) is 1.80. The molecule has 110 valence electrons. The summed E-state index contributed by atoms with van der Waals surface area (Å²) in [6.07, 6.45) is 2.94. The summed E-state index contributed by atoms with van der Waals surface area (Å²) in [4.78, 5) is 23.7. The fourth-order valence-electron chi connectivity index (χ4n) is 2.49. The molecule has 5 nitrogen and oxygen atoms in total. The molecule has 0 radical (unpaired) electrons. The fourth-order valence-corrected chi connectivity index (χ4v) is 3.34. The van der Waals surface area contributed by atoms with Crippen LogP contribution in [0.25, 0.3) is 0 Å². The highest BCUT2D eigenvalue weighted by molar-refractivity contribution is 7.10. The first-order valence-electron chi connectivity index (χ1n) is 6.77. The molecule has 20 heavy (non-hydrogen) atoms. The van der Waals surface area contributed by atoms with Crippen LogP contribution in [0.2, 0.25) is 0 Å². The summed E-state index contributed by atoms with van der Waals surface area (Å²) < 4.78 is 0. The second-order valence-electron chi connectivity index (χ2n) is 5.49. The lowest BCUT2D eigenvalue weighted by atomic mass is 9.66. The molecular formula is C14H20N2O3S. The monoisotopic (exact) mass is 296 g/mol. The minimum absolute atomic E-state index is 0.136. The lowest BCUT2D eigenvalue weighted by Crippen LogP contribution is -2.46. The number of hydrogen-bond donors (Lipinski definition) is 3. The summed E-state index contributed by atoms with van der Waals surface area (Å²) in [5.74, 6) is -0.791. The number of carbonyl (C=O) groups is 2. The number of amides is 2. The Kier molecular flexibility index (Phi) is 4.65. The molecule has 1 aliphatic rings. The van der Waals surface area contributed by atoms with E-state index >= 15 is 0 Å². The third kappa shape index (κ3) is 3.72. The molecule has 1 aliphatic carbocycles. The van der Waals surface area contributed by atoms with Crippen LogP contribution >= 0.6 is 11.3 Å². The van der Waals surface area contributed by atoms with E-state index in [0.29, 0.717) is 13.1 Å². The fraction of sp³-hybridized carbons (Fsp3) is 0.571. The summed E-state index contributed by atoms with van der Waals surface area (Å²) in [6.45, 7) is 2.97. The van der Waals surface area contributed by atoms with Crippen molar-refractivity contribution in [1.29, 1.82) is 0 Å². The third-order valence-electron chi connectivity index (χ3n) is 3.94. The average Bonchev–Trinajstić information content (AvgIpc) is 2.75. The molecule has 0 bridgehead atoms. The Labute approximate surface area is 122 Å². The number of carboxylic acid groups (broad SMARTS) is 1. The second-order valence-corrected chi connectivity index (χ2v) is 6.49. The Hall–Kier alpha value is -1.56. The zero-order valence-corrected chi connectivity index (χ0v) is 12.4. The SMILES string of the molecule is Cc1ccsc1CNC(=O)NCC1(CC(=O)O)CCC1. The Morgan fingerprint density at radius 3 is 2.65 bits per heavy atom. The highest BCUT2D eigenvalue weighted by Crippen LogP contribution is 2.43. The number of urea groups is 1. The number of carbonyl (C=O) groups excluding carboxylic acids is 1. The first kappa shape index (κ1) is 14.8. The first-order chi connectivity index (χ1) is 9.51. The Bertz CT molecular complexity index is 494. The number of rotatable bonds is 6. The van der Waals surface area contributed by atoms with E-state index in [1.807, 2.05) is 18.4 Å². The van der Waals surface area contributed by atoms with Crippen LogP contribution in [0, 0.1) is 12.3 Å². The highest BCUT2D eigenvalue weighted by Gasteiger charge is 2.39. The molecule has 2 rings (SSSR count). The molecule has 0 unspecified atom stereocenters. The summed E-state index contributed by atoms with van der Waals surface area (Å²) in [7, 11) is 0. The van der Waals surface area contributed by atoms with Gasteiger partial charge in [0.25, 0.3) is 0 Å². The van der Waals surface area contributed by atoms with E-state index in [4.69, 9.17) is 5.11 Å². The normalized spacial score (nSPS) is 16.2. The number of nitrogens with one attached hydrogen (secondary N) is 2. The molecule has 1 heterocycles. The molecule has 1 saturated carbocycles. The van der Waals surface area contributed by atoms with Crippen LogP contribution < -0.4 is 10.6 Å². The van der Waals surface area contributed by atoms with Gasteiger partial charge in [-0.15, -0.1) is 11.3 Å². The van der Waals surface area contributed by atoms with Crippen molar-refractivity contribution in [3.8, 4) is 0 Å². The Morgan fingerprint density at radius 2 is 2.15 bits per heavy atom. The maximum absolute atomic E-state index is 11.8. The Morgan fingerprint density at radius 1 is 1.40 bits per heavy atom. The minimum atomic E-state index is -0.791. The van der Waals surface area contributed by atoms with E-state index in [2.05, 4.69) is 10.6 Å². The van der Waals surface area contributed by atoms with Gasteiger partial charge in [0.2, 0.25) is 0 Å². The molecule has 1 aromatic rings. The molecule has 0 saturated heterocycles. The Balaban J connectivity index is 1.74. The lowest BCUT2D eigenvalue weighted by Gasteiger charge is -2.40. The van der Waals surface area contributed by atoms with Crippen molar-refractivity contribution in [1.82, 2.24) is 10.6 Å². The van der Waals surface area contributed by atoms with Crippen molar-refractivity contribution in [2.24, 2.45) is 5.41 Å². The lowest BCUT2D eigenvalue weighted by molar-refractivity contribution is -0.141. The van der Waals surface area contributed by atoms with Crippen molar-refractivity contribution in [3.63, 3.8) is 0 Å². The van der Waals surface area contributed by atoms with Gasteiger partial charge in [0.05, 0.1) is 13.0 Å². The van der Waals surface area contributed by atoms with E-state index in [0.717, 1.165) is 24.1 Å². The summed E-state index contributed by atoms with van der Waals surface area (Å²) in [5, 5.41) is 16.5. The molecule has 0 spiro atoms. The number of aliphatic carboxylic acids is 1. The third-order valence-corrected chi connectivity index (χ3v) is 4.97. The van der Waals surface area contributed by atoms with Gasteiger partial charge in [-0.1, -0.05) is 6.42 Å². The summed E-state index contributed by atoms with van der Waals surface area (Å²) >= 11 is 1.62. The van der Waals surface area contributed by atoms with Crippen LogP contribution in [-0.2, 0) is 11.3 Å². The van der Waals surface area contributed by atoms with E-state index in [9.17, 15) is 9.59 Å². The van der Waals surface area contributed by atoms with Crippen LogP contribution in [0.15, 0.2) is 11.4 Å². The quantitative estimate of drug-likeness (QED) is 0.754. The van der Waals surface area contributed by atoms with E-state index in [1.165, 1.54) is 5.56 Å². The van der Waals surface area contributed by atoms with Crippen molar-refractivity contribution < 1.29 is 14.7 Å². The highest BCUT2D eigenvalue weighted by atomic mass is 32.1. The molecule has 6 heteroatoms. The zero-order valence-electron chi connectivity index (χ0n) is 11.6. The predicted octanol–water partition coefficient (Wildman–Crippen LogP) is 2.50. The van der Waals surface area contributed by atoms with Gasteiger partial charge in [0.1, 0.15) is 0 Å². The van der Waals surface area contributed by atoms with Gasteiger partial charge in [0, 0.05) is 11.4 Å². The zero-order chi connectivity index (χ0) is 14.6. The van der Waals surface area contributed by atoms with Gasteiger partial charge >= 0.3 is 12.0 Å². The standard InChI is InChI=1S/C14H20N2O3S/c1-10-3-6-20-11(10)8-15-13(19)16-9-14(4-2-5-14)7-12(17)18/h3,6H,2,4-5,7-9H2,1H3,(H,17,18)(H2,15,16,19). The minimum Gasteiger partial charge on any atom is -0.481 e. The van der Waals surface area contributed by atoms with E-state index < -0.39 is 5.97 Å². The van der Waals surface area contributed by atoms with Crippen LogP contribution in [0.4, 0.5) is 4.79 Å². The van der Waals surface area contributed by atoms with Crippen LogP contribution in [-0.4, -0.2) is 23.7 Å². The van der Waals surface area contributed by atoms with Gasteiger partial charge in [0.15, 0.2) is 0 Å². The van der Waals surface area contributed by atoms with Crippen molar-refractivity contribution in [2.75, 3.05) is 6.54 Å². The van der Waals surface area contributed by atoms with Gasteiger partial charge in [-0.2, -0.15) is 0 Å². The maximum Gasteiger partial charge on any atom is 0.315 e. The number of hydrogen-bond acceptors (Lipinski definition) is 3. The van der Waals surface area contributed by atoms with Crippen LogP contribution in [0.5, 0.6) is 0 Å². The van der Waals surface area contributed by atoms with Crippen molar-refractivity contribution in [3.05, 3.63) is 21.9 Å². The van der Waals surface area contributed by atoms with Gasteiger partial charge in [-0.25, -0.2) is 4.79 Å². The topological polar surface area (TPSA) is 78.4 Å². The van der Waals surface area contributed by atoms with E-state index in [1.54, 1.807) is 11.3 Å². The molecule has 0 atom stereocenters. The van der Waals surface area contributed by atoms with Gasteiger partial charge in [-0.05, 0) is 42.2 Å². The summed E-state index contributed by atoms with van der Waals surface area (Å²) in [5.41, 5.74) is 0.943. The number of aryl methyl sites for hydroxylation is 1. The first-order valence-corrected chi connectivity index (χ1v) is 7.65. The molecule has 1 aromatic heterocycles. The largest absolute Gasteiger partial charge is 0.481 e. The molecule has 0 aromatic carbocycles. The van der Waals surface area contributed by atoms with Gasteiger partial charge in [-0.3, -0.25) is 4.79 Å². The predicted molar refractivity (Wildman–Crippen MR) is 77.8 cm³/mol. The molecule has 2 amide bonds. The van der Waals surface area contributed by atoms with Crippen molar-refractivity contribution >= 4 is 23.3 Å².